The van der Waals surface area contributed by atoms with Gasteiger partial charge in [-0.3, -0.25) is 9.89 Å². The number of carbonyl (C=O) groups excluding carboxylic acids is 1. The molecular weight excluding hydrogens is 276 g/mol. The number of aryl methyl sites for hydroxylation is 1. The van der Waals surface area contributed by atoms with Crippen LogP contribution in [-0.2, 0) is 0 Å². The molecule has 110 valence electrons. The van der Waals surface area contributed by atoms with Crippen LogP contribution < -0.4 is 5.32 Å². The minimum Gasteiger partial charge on any atom is -0.345 e. The van der Waals surface area contributed by atoms with Crippen molar-refractivity contribution in [3.8, 4) is 0 Å². The number of aromatic amines is 1. The van der Waals surface area contributed by atoms with Crippen LogP contribution in [-0.4, -0.2) is 16.1 Å². The normalized spacial score (nSPS) is 15.8. The Balaban J connectivity index is 1.87. The van der Waals surface area contributed by atoms with E-state index in [1.165, 1.54) is 6.20 Å². The van der Waals surface area contributed by atoms with Gasteiger partial charge in [0.1, 0.15) is 11.6 Å². The monoisotopic (exact) mass is 291 g/mol. The zero-order chi connectivity index (χ0) is 15.0. The molecule has 0 saturated heterocycles. The van der Waals surface area contributed by atoms with Crippen LogP contribution in [0.1, 0.15) is 40.5 Å². The highest BCUT2D eigenvalue weighted by Gasteiger charge is 2.35. The number of amides is 1. The quantitative estimate of drug-likeness (QED) is 0.910. The minimum absolute atomic E-state index is 0.150. The number of carbonyl (C=O) groups is 1. The summed E-state index contributed by atoms with van der Waals surface area (Å²) in [5, 5.41) is 9.28. The number of halogens is 2. The van der Waals surface area contributed by atoms with E-state index in [4.69, 9.17) is 0 Å². The van der Waals surface area contributed by atoms with Gasteiger partial charge in [-0.1, -0.05) is 0 Å². The Labute approximate surface area is 120 Å². The molecule has 6 heteroatoms. The number of hydrogen-bond donors (Lipinski definition) is 2. The molecule has 1 heterocycles. The highest BCUT2D eigenvalue weighted by atomic mass is 19.1. The van der Waals surface area contributed by atoms with Gasteiger partial charge in [0.05, 0.1) is 17.8 Å². The van der Waals surface area contributed by atoms with Crippen LogP contribution in [0.4, 0.5) is 8.78 Å². The number of nitrogens with zero attached hydrogens (tertiary/aromatic N) is 1. The van der Waals surface area contributed by atoms with Gasteiger partial charge in [0, 0.05) is 11.3 Å². The van der Waals surface area contributed by atoms with Crippen LogP contribution in [0.3, 0.4) is 0 Å². The first-order valence-electron chi connectivity index (χ1n) is 6.82. The van der Waals surface area contributed by atoms with E-state index in [0.717, 1.165) is 31.0 Å². The van der Waals surface area contributed by atoms with Gasteiger partial charge in [-0.25, -0.2) is 8.78 Å². The van der Waals surface area contributed by atoms with Crippen molar-refractivity contribution in [1.29, 1.82) is 0 Å². The molecule has 0 unspecified atom stereocenters. The predicted octanol–water partition coefficient (Wildman–Crippen LogP) is 2.88. The third-order valence-corrected chi connectivity index (χ3v) is 3.75. The predicted molar refractivity (Wildman–Crippen MR) is 72.6 cm³/mol. The van der Waals surface area contributed by atoms with Crippen molar-refractivity contribution in [3.05, 3.63) is 52.9 Å². The van der Waals surface area contributed by atoms with Gasteiger partial charge in [0.25, 0.3) is 5.91 Å². The van der Waals surface area contributed by atoms with Gasteiger partial charge in [-0.2, -0.15) is 5.10 Å². The molecule has 1 amide bonds. The molecule has 1 aliphatic rings. The highest BCUT2D eigenvalue weighted by Crippen LogP contribution is 2.42. The Bertz CT molecular complexity index is 679. The molecule has 1 aromatic carbocycles. The molecule has 4 nitrogen and oxygen atoms in total. The summed E-state index contributed by atoms with van der Waals surface area (Å²) in [7, 11) is 0. The topological polar surface area (TPSA) is 57.8 Å². The van der Waals surface area contributed by atoms with Crippen LogP contribution in [0.2, 0.25) is 0 Å². The molecule has 1 atom stereocenters. The minimum atomic E-state index is -0.512. The van der Waals surface area contributed by atoms with Gasteiger partial charge >= 0.3 is 0 Å². The Morgan fingerprint density at radius 1 is 1.43 bits per heavy atom. The van der Waals surface area contributed by atoms with Crippen LogP contribution >= 0.6 is 0 Å². The van der Waals surface area contributed by atoms with E-state index < -0.39 is 17.7 Å². The highest BCUT2D eigenvalue weighted by molar-refractivity contribution is 5.95. The fraction of sp³-hybridized carbons (Fsp3) is 0.333. The van der Waals surface area contributed by atoms with Gasteiger partial charge in [-0.15, -0.1) is 0 Å². The average molecular weight is 291 g/mol. The fourth-order valence-electron chi connectivity index (χ4n) is 2.43. The number of nitrogens with one attached hydrogen (secondary N) is 2. The number of hydrogen-bond acceptors (Lipinski definition) is 2. The van der Waals surface area contributed by atoms with Crippen molar-refractivity contribution in [2.75, 3.05) is 0 Å². The molecule has 0 radical (unpaired) electrons. The molecular formula is C15H15F2N3O. The summed E-state index contributed by atoms with van der Waals surface area (Å²) in [6, 6.07) is 2.81. The summed E-state index contributed by atoms with van der Waals surface area (Å²) < 4.78 is 27.3. The second-order valence-electron chi connectivity index (χ2n) is 5.36. The zero-order valence-electron chi connectivity index (χ0n) is 11.5. The average Bonchev–Trinajstić information content (AvgIpc) is 3.20. The summed E-state index contributed by atoms with van der Waals surface area (Å²) in [5.74, 6) is -1.19. The lowest BCUT2D eigenvalue weighted by atomic mass is 10.0. The van der Waals surface area contributed by atoms with Crippen LogP contribution in [0.25, 0.3) is 0 Å². The van der Waals surface area contributed by atoms with Crippen molar-refractivity contribution >= 4 is 5.91 Å². The van der Waals surface area contributed by atoms with E-state index in [-0.39, 0.29) is 17.4 Å². The van der Waals surface area contributed by atoms with E-state index in [1.807, 2.05) is 0 Å². The molecule has 0 aliphatic heterocycles. The number of rotatable bonds is 4. The van der Waals surface area contributed by atoms with Gasteiger partial charge < -0.3 is 5.32 Å². The van der Waals surface area contributed by atoms with E-state index in [9.17, 15) is 13.6 Å². The summed E-state index contributed by atoms with van der Waals surface area (Å²) in [4.78, 5) is 12.3. The van der Waals surface area contributed by atoms with E-state index in [2.05, 4.69) is 15.5 Å². The molecule has 0 bridgehead atoms. The molecule has 1 saturated carbocycles. The van der Waals surface area contributed by atoms with Gasteiger partial charge in [0.15, 0.2) is 0 Å². The molecule has 1 aliphatic carbocycles. The summed E-state index contributed by atoms with van der Waals surface area (Å²) in [6.45, 7) is 1.73. The Kier molecular flexibility index (Phi) is 3.45. The Morgan fingerprint density at radius 3 is 2.81 bits per heavy atom. The lowest BCUT2D eigenvalue weighted by molar-refractivity contribution is 0.0930. The molecule has 1 aromatic heterocycles. The van der Waals surface area contributed by atoms with E-state index >= 15 is 0 Å². The maximum atomic E-state index is 13.9. The van der Waals surface area contributed by atoms with Crippen LogP contribution in [0.5, 0.6) is 0 Å². The van der Waals surface area contributed by atoms with E-state index in [0.29, 0.717) is 11.3 Å². The smallest absolute Gasteiger partial charge is 0.255 e. The first kappa shape index (κ1) is 13.7. The van der Waals surface area contributed by atoms with Crippen molar-refractivity contribution in [3.63, 3.8) is 0 Å². The third kappa shape index (κ3) is 2.79. The molecule has 21 heavy (non-hydrogen) atoms. The first-order valence-corrected chi connectivity index (χ1v) is 6.82. The summed E-state index contributed by atoms with van der Waals surface area (Å²) >= 11 is 0. The number of aromatic nitrogens is 2. The summed E-state index contributed by atoms with van der Waals surface area (Å²) in [6.07, 6.45) is 3.22. The maximum Gasteiger partial charge on any atom is 0.255 e. The van der Waals surface area contributed by atoms with Crippen LogP contribution in [0.15, 0.2) is 24.4 Å². The summed E-state index contributed by atoms with van der Waals surface area (Å²) in [5.41, 5.74) is 1.26. The largest absolute Gasteiger partial charge is 0.345 e. The standard InChI is InChI=1S/C15H15F2N3O/c1-8-12(7-18-20-8)15(21)19-14(9-2-3-9)11-6-10(16)4-5-13(11)17/h4-7,9,14H,2-3H2,1H3,(H,18,20)(H,19,21)/t14-/m0/s1. The SMILES string of the molecule is Cc1[nH]ncc1C(=O)N[C@H](c1cc(F)ccc1F)C1CC1. The zero-order valence-corrected chi connectivity index (χ0v) is 11.5. The Morgan fingerprint density at radius 2 is 2.19 bits per heavy atom. The number of benzene rings is 1. The van der Waals surface area contributed by atoms with Gasteiger partial charge in [-0.05, 0) is 43.9 Å². The molecule has 1 fully saturated rings. The second-order valence-corrected chi connectivity index (χ2v) is 5.36. The van der Waals surface area contributed by atoms with Crippen molar-refractivity contribution in [1.82, 2.24) is 15.5 Å². The second kappa shape index (κ2) is 5.27. The molecule has 2 aromatic rings. The van der Waals surface area contributed by atoms with Gasteiger partial charge in [0.2, 0.25) is 0 Å². The third-order valence-electron chi connectivity index (χ3n) is 3.75. The van der Waals surface area contributed by atoms with Crippen LogP contribution in [0, 0.1) is 24.5 Å². The first-order chi connectivity index (χ1) is 10.1. The van der Waals surface area contributed by atoms with Crippen molar-refractivity contribution in [2.45, 2.75) is 25.8 Å². The fourth-order valence-corrected chi connectivity index (χ4v) is 2.43. The number of H-pyrrole nitrogens is 1. The van der Waals surface area contributed by atoms with Crippen molar-refractivity contribution < 1.29 is 13.6 Å². The lowest BCUT2D eigenvalue weighted by Gasteiger charge is -2.19. The maximum absolute atomic E-state index is 13.9. The molecule has 2 N–H and O–H groups in total. The lowest BCUT2D eigenvalue weighted by Crippen LogP contribution is -2.30. The van der Waals surface area contributed by atoms with E-state index in [1.54, 1.807) is 6.92 Å². The molecule has 0 spiro atoms. The molecule has 3 rings (SSSR count). The Hall–Kier alpha value is -2.24. The van der Waals surface area contributed by atoms with Crippen molar-refractivity contribution in [2.24, 2.45) is 5.92 Å².